The first kappa shape index (κ1) is 14.9. The van der Waals surface area contributed by atoms with Crippen LogP contribution in [-0.4, -0.2) is 18.4 Å². The molecule has 2 aromatic rings. The fraction of sp³-hybridized carbons (Fsp3) is 0.263. The first-order valence-electron chi connectivity index (χ1n) is 8.09. The van der Waals surface area contributed by atoms with Gasteiger partial charge in [0.2, 0.25) is 11.8 Å². The molecule has 2 aliphatic rings. The molecule has 1 saturated carbocycles. The van der Waals surface area contributed by atoms with E-state index in [-0.39, 0.29) is 29.5 Å². The fourth-order valence-corrected chi connectivity index (χ4v) is 3.29. The molecule has 24 heavy (non-hydrogen) atoms. The number of rotatable bonds is 3. The van der Waals surface area contributed by atoms with Gasteiger partial charge in [0, 0.05) is 17.9 Å². The number of nitrogens with one attached hydrogen (secondary N) is 1. The molecule has 4 rings (SSSR count). The molecule has 0 aromatic heterocycles. The van der Waals surface area contributed by atoms with E-state index >= 15 is 0 Å². The Kier molecular flexibility index (Phi) is 3.56. The lowest BCUT2D eigenvalue weighted by Crippen LogP contribution is -2.31. The second-order valence-corrected chi connectivity index (χ2v) is 6.31. The lowest BCUT2D eigenvalue weighted by atomic mass is 10.2. The SMILES string of the molecule is O=C(Nc1ccc(F)cc1)C1CC1C(=O)N1CCc2ccccc21. The monoisotopic (exact) mass is 324 g/mol. The van der Waals surface area contributed by atoms with Gasteiger partial charge in [-0.25, -0.2) is 4.39 Å². The van der Waals surface area contributed by atoms with Gasteiger partial charge in [0.1, 0.15) is 5.82 Å². The van der Waals surface area contributed by atoms with E-state index in [0.717, 1.165) is 12.1 Å². The molecule has 1 heterocycles. The molecule has 2 unspecified atom stereocenters. The molecule has 1 N–H and O–H groups in total. The summed E-state index contributed by atoms with van der Waals surface area (Å²) in [7, 11) is 0. The van der Waals surface area contributed by atoms with Crippen molar-refractivity contribution in [2.45, 2.75) is 12.8 Å². The lowest BCUT2D eigenvalue weighted by molar-refractivity contribution is -0.123. The molecule has 0 bridgehead atoms. The van der Waals surface area contributed by atoms with Gasteiger partial charge >= 0.3 is 0 Å². The van der Waals surface area contributed by atoms with Gasteiger partial charge in [-0.1, -0.05) is 18.2 Å². The van der Waals surface area contributed by atoms with Crippen LogP contribution in [0.2, 0.25) is 0 Å². The van der Waals surface area contributed by atoms with Crippen molar-refractivity contribution in [3.8, 4) is 0 Å². The minimum absolute atomic E-state index is 0.0270. The van der Waals surface area contributed by atoms with Crippen molar-refractivity contribution in [3.05, 3.63) is 59.9 Å². The van der Waals surface area contributed by atoms with Gasteiger partial charge < -0.3 is 10.2 Å². The van der Waals surface area contributed by atoms with Crippen LogP contribution in [0, 0.1) is 17.7 Å². The topological polar surface area (TPSA) is 49.4 Å². The predicted octanol–water partition coefficient (Wildman–Crippen LogP) is 2.99. The van der Waals surface area contributed by atoms with Crippen LogP contribution >= 0.6 is 0 Å². The molecule has 4 nitrogen and oxygen atoms in total. The molecule has 1 fully saturated rings. The number of benzene rings is 2. The number of hydrogen-bond donors (Lipinski definition) is 1. The average molecular weight is 324 g/mol. The van der Waals surface area contributed by atoms with E-state index in [1.807, 2.05) is 24.3 Å². The van der Waals surface area contributed by atoms with Crippen molar-refractivity contribution in [2.24, 2.45) is 11.8 Å². The number of anilines is 2. The van der Waals surface area contributed by atoms with Crippen LogP contribution in [0.4, 0.5) is 15.8 Å². The van der Waals surface area contributed by atoms with E-state index in [1.54, 1.807) is 4.90 Å². The zero-order valence-corrected chi connectivity index (χ0v) is 13.0. The highest BCUT2D eigenvalue weighted by Gasteiger charge is 2.50. The van der Waals surface area contributed by atoms with E-state index in [9.17, 15) is 14.0 Å². The first-order chi connectivity index (χ1) is 11.6. The average Bonchev–Trinajstić information content (AvgIpc) is 3.29. The number of carbonyl (C=O) groups is 2. The van der Waals surface area contributed by atoms with Crippen molar-refractivity contribution in [1.29, 1.82) is 0 Å². The van der Waals surface area contributed by atoms with Gasteiger partial charge in [-0.2, -0.15) is 0 Å². The molecular weight excluding hydrogens is 307 g/mol. The highest BCUT2D eigenvalue weighted by molar-refractivity contribution is 6.05. The Balaban J connectivity index is 1.40. The zero-order chi connectivity index (χ0) is 16.7. The number of para-hydroxylation sites is 1. The highest BCUT2D eigenvalue weighted by atomic mass is 19.1. The Morgan fingerprint density at radius 3 is 2.58 bits per heavy atom. The van der Waals surface area contributed by atoms with Gasteiger partial charge in [-0.05, 0) is 48.7 Å². The lowest BCUT2D eigenvalue weighted by Gasteiger charge is -2.17. The van der Waals surface area contributed by atoms with Crippen LogP contribution in [0.25, 0.3) is 0 Å². The number of halogens is 1. The number of carbonyl (C=O) groups excluding carboxylic acids is 2. The maximum atomic E-state index is 12.9. The Labute approximate surface area is 139 Å². The smallest absolute Gasteiger partial charge is 0.230 e. The summed E-state index contributed by atoms with van der Waals surface area (Å²) >= 11 is 0. The molecule has 1 aliphatic heterocycles. The maximum Gasteiger partial charge on any atom is 0.230 e. The van der Waals surface area contributed by atoms with Crippen molar-refractivity contribution in [1.82, 2.24) is 0 Å². The third-order valence-corrected chi connectivity index (χ3v) is 4.71. The van der Waals surface area contributed by atoms with Crippen molar-refractivity contribution < 1.29 is 14.0 Å². The molecule has 2 atom stereocenters. The molecule has 1 aliphatic carbocycles. The van der Waals surface area contributed by atoms with Crippen LogP contribution in [0.5, 0.6) is 0 Å². The van der Waals surface area contributed by atoms with Gasteiger partial charge in [0.15, 0.2) is 0 Å². The minimum atomic E-state index is -0.347. The number of hydrogen-bond acceptors (Lipinski definition) is 2. The Morgan fingerprint density at radius 1 is 1.04 bits per heavy atom. The van der Waals surface area contributed by atoms with Crippen molar-refractivity contribution in [2.75, 3.05) is 16.8 Å². The zero-order valence-electron chi connectivity index (χ0n) is 13.0. The Morgan fingerprint density at radius 2 is 1.79 bits per heavy atom. The molecule has 2 amide bonds. The maximum absolute atomic E-state index is 12.9. The quantitative estimate of drug-likeness (QED) is 0.943. The van der Waals surface area contributed by atoms with Crippen LogP contribution in [0.15, 0.2) is 48.5 Å². The van der Waals surface area contributed by atoms with Gasteiger partial charge in [-0.3, -0.25) is 9.59 Å². The molecule has 5 heteroatoms. The fourth-order valence-electron chi connectivity index (χ4n) is 3.29. The van der Waals surface area contributed by atoms with E-state index in [1.165, 1.54) is 29.8 Å². The minimum Gasteiger partial charge on any atom is -0.326 e. The molecule has 2 aromatic carbocycles. The number of fused-ring (bicyclic) bond motifs is 1. The summed E-state index contributed by atoms with van der Waals surface area (Å²) in [6.45, 7) is 0.682. The molecule has 0 saturated heterocycles. The number of amides is 2. The van der Waals surface area contributed by atoms with E-state index in [0.29, 0.717) is 18.7 Å². The van der Waals surface area contributed by atoms with Gasteiger partial charge in [0.25, 0.3) is 0 Å². The van der Waals surface area contributed by atoms with Crippen LogP contribution < -0.4 is 10.2 Å². The number of nitrogens with zero attached hydrogens (tertiary/aromatic N) is 1. The Hall–Kier alpha value is -2.69. The predicted molar refractivity (Wildman–Crippen MR) is 89.1 cm³/mol. The second kappa shape index (κ2) is 5.74. The summed E-state index contributed by atoms with van der Waals surface area (Å²) in [5.41, 5.74) is 2.69. The van der Waals surface area contributed by atoms with Crippen molar-refractivity contribution in [3.63, 3.8) is 0 Å². The summed E-state index contributed by atoms with van der Waals surface area (Å²) in [6, 6.07) is 13.5. The van der Waals surface area contributed by atoms with Gasteiger partial charge in [-0.15, -0.1) is 0 Å². The van der Waals surface area contributed by atoms with Crippen molar-refractivity contribution >= 4 is 23.2 Å². The normalized spacial score (nSPS) is 21.3. The summed E-state index contributed by atoms with van der Waals surface area (Å²) in [4.78, 5) is 26.7. The Bertz CT molecular complexity index is 803. The third kappa shape index (κ3) is 2.66. The van der Waals surface area contributed by atoms with Crippen LogP contribution in [0.1, 0.15) is 12.0 Å². The highest BCUT2D eigenvalue weighted by Crippen LogP contribution is 2.43. The summed E-state index contributed by atoms with van der Waals surface area (Å²) in [5.74, 6) is -1.04. The third-order valence-electron chi connectivity index (χ3n) is 4.71. The first-order valence-corrected chi connectivity index (χ1v) is 8.09. The molecule has 122 valence electrons. The summed E-state index contributed by atoms with van der Waals surface area (Å²) < 4.78 is 12.9. The summed E-state index contributed by atoms with van der Waals surface area (Å²) in [5, 5.41) is 2.75. The standard InChI is InChI=1S/C19H17FN2O2/c20-13-5-7-14(8-6-13)21-18(23)15-11-16(15)19(24)22-10-9-12-3-1-2-4-17(12)22/h1-8,15-16H,9-11H2,(H,21,23). The van der Waals surface area contributed by atoms with Gasteiger partial charge in [0.05, 0.1) is 11.8 Å². The second-order valence-electron chi connectivity index (χ2n) is 6.31. The van der Waals surface area contributed by atoms with Crippen LogP contribution in [-0.2, 0) is 16.0 Å². The van der Waals surface area contributed by atoms with Crippen LogP contribution in [0.3, 0.4) is 0 Å². The summed E-state index contributed by atoms with van der Waals surface area (Å²) in [6.07, 6.45) is 1.44. The largest absolute Gasteiger partial charge is 0.326 e. The van der Waals surface area contributed by atoms with E-state index < -0.39 is 0 Å². The molecule has 0 spiro atoms. The van der Waals surface area contributed by atoms with E-state index in [2.05, 4.69) is 5.32 Å². The van der Waals surface area contributed by atoms with E-state index in [4.69, 9.17) is 0 Å². The molecular formula is C19H17FN2O2. The molecule has 0 radical (unpaired) electrons.